The number of aliphatic hydroxyl groups is 1. The van der Waals surface area contributed by atoms with Gasteiger partial charge in [0.05, 0.1) is 19.3 Å². The van der Waals surface area contributed by atoms with Gasteiger partial charge in [0, 0.05) is 42.3 Å². The quantitative estimate of drug-likeness (QED) is 0.224. The Labute approximate surface area is 248 Å². The molecule has 0 aliphatic heterocycles. The number of nitrogens with one attached hydrogen (secondary N) is 2. The van der Waals surface area contributed by atoms with Crippen molar-refractivity contribution in [2.24, 2.45) is 0 Å². The molecule has 3 N–H and O–H groups in total. The molecular formula is C33H42ClN3O4. The van der Waals surface area contributed by atoms with Crippen LogP contribution in [0.15, 0.2) is 66.7 Å². The number of rotatable bonds is 15. The predicted molar refractivity (Wildman–Crippen MR) is 165 cm³/mol. The molecule has 3 rings (SSSR count). The Morgan fingerprint density at radius 1 is 0.951 bits per heavy atom. The zero-order valence-corrected chi connectivity index (χ0v) is 25.2. The third-order valence-corrected chi connectivity index (χ3v) is 7.04. The lowest BCUT2D eigenvalue weighted by Gasteiger charge is -2.25. The SMILES string of the molecule is CCCN(CCC)C(=O)c1cc(C)cc(C(=O)N[C@@H](Cc2cccc(Cl)c2)[C@H](O)CNCc2cccc(OC)c2)c1. The number of hydrogen-bond donors (Lipinski definition) is 3. The van der Waals surface area contributed by atoms with Crippen molar-refractivity contribution in [3.8, 4) is 5.75 Å². The minimum Gasteiger partial charge on any atom is -0.497 e. The molecule has 3 aromatic rings. The molecule has 0 saturated heterocycles. The molecule has 0 radical (unpaired) electrons. The maximum absolute atomic E-state index is 13.5. The minimum absolute atomic E-state index is 0.0799. The van der Waals surface area contributed by atoms with Crippen LogP contribution in [0, 0.1) is 6.92 Å². The Morgan fingerprint density at radius 3 is 2.32 bits per heavy atom. The number of ether oxygens (including phenoxy) is 1. The fraction of sp³-hybridized carbons (Fsp3) is 0.394. The van der Waals surface area contributed by atoms with Crippen molar-refractivity contribution >= 4 is 23.4 Å². The van der Waals surface area contributed by atoms with Crippen LogP contribution in [0.3, 0.4) is 0 Å². The van der Waals surface area contributed by atoms with E-state index >= 15 is 0 Å². The summed E-state index contributed by atoms with van der Waals surface area (Å²) in [6, 6.07) is 19.7. The van der Waals surface area contributed by atoms with Gasteiger partial charge >= 0.3 is 0 Å². The van der Waals surface area contributed by atoms with Gasteiger partial charge in [-0.15, -0.1) is 0 Å². The van der Waals surface area contributed by atoms with Crippen molar-refractivity contribution < 1.29 is 19.4 Å². The summed E-state index contributed by atoms with van der Waals surface area (Å²) in [6.07, 6.45) is 1.21. The van der Waals surface area contributed by atoms with Crippen molar-refractivity contribution in [3.63, 3.8) is 0 Å². The second kappa shape index (κ2) is 16.2. The summed E-state index contributed by atoms with van der Waals surface area (Å²) in [5.41, 5.74) is 3.60. The van der Waals surface area contributed by atoms with Gasteiger partial charge in [0.15, 0.2) is 0 Å². The number of aryl methyl sites for hydroxylation is 1. The average Bonchev–Trinajstić information content (AvgIpc) is 2.96. The molecule has 0 aliphatic rings. The zero-order valence-electron chi connectivity index (χ0n) is 24.5. The molecule has 7 nitrogen and oxygen atoms in total. The monoisotopic (exact) mass is 579 g/mol. The summed E-state index contributed by atoms with van der Waals surface area (Å²) in [7, 11) is 1.62. The van der Waals surface area contributed by atoms with Crippen LogP contribution in [-0.2, 0) is 13.0 Å². The van der Waals surface area contributed by atoms with Gasteiger partial charge in [-0.1, -0.05) is 49.7 Å². The number of benzene rings is 3. The van der Waals surface area contributed by atoms with E-state index in [-0.39, 0.29) is 18.4 Å². The van der Waals surface area contributed by atoms with Crippen LogP contribution in [-0.4, -0.2) is 60.7 Å². The first kappa shape index (κ1) is 32.1. The topological polar surface area (TPSA) is 90.9 Å². The summed E-state index contributed by atoms with van der Waals surface area (Å²) in [5, 5.41) is 18.1. The Balaban J connectivity index is 1.77. The highest BCUT2D eigenvalue weighted by atomic mass is 35.5. The van der Waals surface area contributed by atoms with Gasteiger partial charge in [-0.05, 0) is 85.3 Å². The van der Waals surface area contributed by atoms with Gasteiger partial charge in [0.25, 0.3) is 11.8 Å². The van der Waals surface area contributed by atoms with Crippen LogP contribution in [0.2, 0.25) is 5.02 Å². The fourth-order valence-corrected chi connectivity index (χ4v) is 5.03. The molecule has 0 heterocycles. The zero-order chi connectivity index (χ0) is 29.8. The molecule has 0 spiro atoms. The highest BCUT2D eigenvalue weighted by Crippen LogP contribution is 2.17. The van der Waals surface area contributed by atoms with Gasteiger partial charge in [0.1, 0.15) is 5.75 Å². The summed E-state index contributed by atoms with van der Waals surface area (Å²) in [6.45, 7) is 8.07. The van der Waals surface area contributed by atoms with Crippen LogP contribution in [0.5, 0.6) is 5.75 Å². The number of carbonyl (C=O) groups excluding carboxylic acids is 2. The van der Waals surface area contributed by atoms with Gasteiger partial charge in [0.2, 0.25) is 0 Å². The Bertz CT molecular complexity index is 1290. The summed E-state index contributed by atoms with van der Waals surface area (Å²) >= 11 is 6.21. The van der Waals surface area contributed by atoms with Crippen molar-refractivity contribution in [2.75, 3.05) is 26.7 Å². The standard InChI is InChI=1S/C33H42ClN3O4/c1-5-13-37(14-6-2)33(40)27-16-23(3)15-26(20-27)32(39)36-30(19-24-9-7-11-28(34)17-24)31(38)22-35-21-25-10-8-12-29(18-25)41-4/h7-12,15-18,20,30-31,35,38H,5-6,13-14,19,21-22H2,1-4H3,(H,36,39)/t30-,31+/m0/s1. The van der Waals surface area contributed by atoms with E-state index in [1.807, 2.05) is 74.2 Å². The van der Waals surface area contributed by atoms with Gasteiger partial charge in [-0.3, -0.25) is 9.59 Å². The fourth-order valence-electron chi connectivity index (χ4n) is 4.82. The molecule has 0 saturated carbocycles. The molecule has 2 amide bonds. The van der Waals surface area contributed by atoms with Crippen LogP contribution in [0.4, 0.5) is 0 Å². The number of carbonyl (C=O) groups is 2. The highest BCUT2D eigenvalue weighted by molar-refractivity contribution is 6.30. The van der Waals surface area contributed by atoms with Crippen molar-refractivity contribution in [1.29, 1.82) is 0 Å². The van der Waals surface area contributed by atoms with Crippen molar-refractivity contribution in [2.45, 2.75) is 58.7 Å². The summed E-state index contributed by atoms with van der Waals surface area (Å²) < 4.78 is 5.29. The molecule has 220 valence electrons. The normalized spacial score (nSPS) is 12.4. The van der Waals surface area contributed by atoms with Crippen molar-refractivity contribution in [3.05, 3.63) is 99.6 Å². The Hall–Kier alpha value is -3.39. The first-order valence-corrected chi connectivity index (χ1v) is 14.6. The third kappa shape index (κ3) is 9.88. The lowest BCUT2D eigenvalue weighted by molar-refractivity contribution is 0.0755. The first-order chi connectivity index (χ1) is 19.7. The minimum atomic E-state index is -0.890. The van der Waals surface area contributed by atoms with E-state index in [1.165, 1.54) is 0 Å². The molecule has 0 aromatic heterocycles. The summed E-state index contributed by atoms with van der Waals surface area (Å²) in [5.74, 6) is 0.335. The number of hydrogen-bond acceptors (Lipinski definition) is 5. The van der Waals surface area contributed by atoms with E-state index < -0.39 is 12.1 Å². The van der Waals surface area contributed by atoms with Gasteiger partial charge in [-0.2, -0.15) is 0 Å². The average molecular weight is 580 g/mol. The number of amides is 2. The molecule has 0 unspecified atom stereocenters. The van der Waals surface area contributed by atoms with Crippen LogP contribution in [0.1, 0.15) is 64.1 Å². The van der Waals surface area contributed by atoms with Crippen LogP contribution < -0.4 is 15.4 Å². The lowest BCUT2D eigenvalue weighted by atomic mass is 9.99. The molecule has 0 aliphatic carbocycles. The number of nitrogens with zero attached hydrogens (tertiary/aromatic N) is 1. The first-order valence-electron chi connectivity index (χ1n) is 14.2. The summed E-state index contributed by atoms with van der Waals surface area (Å²) in [4.78, 5) is 28.6. The maximum Gasteiger partial charge on any atom is 0.253 e. The maximum atomic E-state index is 13.5. The van der Waals surface area contributed by atoms with Crippen LogP contribution in [0.25, 0.3) is 0 Å². The third-order valence-electron chi connectivity index (χ3n) is 6.80. The lowest BCUT2D eigenvalue weighted by Crippen LogP contribution is -2.48. The Morgan fingerprint density at radius 2 is 1.63 bits per heavy atom. The molecular weight excluding hydrogens is 538 g/mol. The second-order valence-corrected chi connectivity index (χ2v) is 10.8. The van der Waals surface area contributed by atoms with E-state index in [2.05, 4.69) is 10.6 Å². The van der Waals surface area contributed by atoms with Crippen molar-refractivity contribution in [1.82, 2.24) is 15.5 Å². The highest BCUT2D eigenvalue weighted by Gasteiger charge is 2.24. The van der Waals surface area contributed by atoms with Gasteiger partial charge in [-0.25, -0.2) is 0 Å². The van der Waals surface area contributed by atoms with E-state index in [4.69, 9.17) is 16.3 Å². The predicted octanol–water partition coefficient (Wildman–Crippen LogP) is 5.41. The molecule has 2 atom stereocenters. The number of methoxy groups -OCH3 is 1. The van der Waals surface area contributed by atoms with E-state index in [0.717, 1.165) is 35.3 Å². The van der Waals surface area contributed by atoms with Crippen LogP contribution >= 0.6 is 11.6 Å². The number of halogens is 1. The number of aliphatic hydroxyl groups excluding tert-OH is 1. The molecule has 3 aromatic carbocycles. The van der Waals surface area contributed by atoms with E-state index in [0.29, 0.717) is 42.2 Å². The van der Waals surface area contributed by atoms with Gasteiger partial charge < -0.3 is 25.4 Å². The second-order valence-electron chi connectivity index (χ2n) is 10.3. The van der Waals surface area contributed by atoms with E-state index in [9.17, 15) is 14.7 Å². The largest absolute Gasteiger partial charge is 0.497 e. The molecule has 0 bridgehead atoms. The van der Waals surface area contributed by atoms with E-state index in [1.54, 1.807) is 25.3 Å². The molecule has 0 fully saturated rings. The molecule has 41 heavy (non-hydrogen) atoms. The molecule has 8 heteroatoms. The Kier molecular flexibility index (Phi) is 12.7. The smallest absolute Gasteiger partial charge is 0.253 e.